The monoisotopic (exact) mass is 888 g/mol. The second-order valence-electron chi connectivity index (χ2n) is 16.1. The number of esters is 1. The van der Waals surface area contributed by atoms with E-state index in [2.05, 4.69) is 86.0 Å². The van der Waals surface area contributed by atoms with Gasteiger partial charge in [-0.15, -0.1) is 0 Å². The van der Waals surface area contributed by atoms with Crippen LogP contribution in [0.1, 0.15) is 200 Å². The first-order chi connectivity index (χ1) is 30.3. The standard InChI is InChI=1S/C52H90NO8P/c1-3-5-7-9-11-13-15-17-19-21-23-25-26-28-30-32-34-36-38-40-42-44-51(55)53-46-47-60-62(57,58)61-49-50(54)48-59-52(56)45-43-41-39-37-35-33-31-29-27-24-22-20-18-16-14-12-10-8-6-4-2/h5,7,11,13,17,19,23,25,28,30,34,36,40,42,50,54H,3-4,6,8-10,12,14-16,18,20-22,24,26-27,29,31-33,35,37-39,41,43-49H2,1-2H3,(H,53,55)(H,57,58)/b7-5-,13-11-,19-17-,25-23-,30-28-,36-34-,42-40-. The molecule has 62 heavy (non-hydrogen) atoms. The summed E-state index contributed by atoms with van der Waals surface area (Å²) in [7, 11) is -4.45. The van der Waals surface area contributed by atoms with Crippen LogP contribution in [0.3, 0.4) is 0 Å². The number of unbranched alkanes of at least 4 members (excludes halogenated alkanes) is 19. The Labute approximate surface area is 379 Å². The molecular weight excluding hydrogens is 798 g/mol. The molecule has 0 saturated heterocycles. The molecule has 0 aromatic heterocycles. The van der Waals surface area contributed by atoms with Crippen molar-refractivity contribution >= 4 is 19.7 Å². The maximum absolute atomic E-state index is 12.1. The van der Waals surface area contributed by atoms with Crippen molar-refractivity contribution in [2.45, 2.75) is 206 Å². The summed E-state index contributed by atoms with van der Waals surface area (Å²) in [6.45, 7) is 3.33. The van der Waals surface area contributed by atoms with Crippen LogP contribution in [0, 0.1) is 0 Å². The largest absolute Gasteiger partial charge is 0.472 e. The summed E-state index contributed by atoms with van der Waals surface area (Å²) < 4.78 is 26.9. The average Bonchev–Trinajstić information content (AvgIpc) is 3.26. The van der Waals surface area contributed by atoms with Crippen molar-refractivity contribution in [3.05, 3.63) is 85.1 Å². The van der Waals surface area contributed by atoms with Gasteiger partial charge in [0.15, 0.2) is 0 Å². The van der Waals surface area contributed by atoms with Crippen molar-refractivity contribution in [3.63, 3.8) is 0 Å². The Morgan fingerprint density at radius 1 is 0.516 bits per heavy atom. The van der Waals surface area contributed by atoms with E-state index in [1.165, 1.54) is 109 Å². The van der Waals surface area contributed by atoms with E-state index in [0.29, 0.717) is 0 Å². The van der Waals surface area contributed by atoms with Gasteiger partial charge in [-0.3, -0.25) is 18.6 Å². The van der Waals surface area contributed by atoms with Crippen molar-refractivity contribution in [2.75, 3.05) is 26.4 Å². The molecule has 0 spiro atoms. The molecule has 0 heterocycles. The quantitative estimate of drug-likeness (QED) is 0.0238. The normalized spacial score (nSPS) is 13.9. The summed E-state index contributed by atoms with van der Waals surface area (Å²) in [5, 5.41) is 12.7. The average molecular weight is 888 g/mol. The zero-order chi connectivity index (χ0) is 45.3. The number of hydrogen-bond donors (Lipinski definition) is 3. The number of carbonyl (C=O) groups is 2. The van der Waals surface area contributed by atoms with Crippen LogP contribution in [-0.2, 0) is 27.9 Å². The first-order valence-electron chi connectivity index (χ1n) is 24.6. The van der Waals surface area contributed by atoms with Gasteiger partial charge in [-0.1, -0.05) is 221 Å². The third-order valence-corrected chi connectivity index (χ3v) is 11.1. The van der Waals surface area contributed by atoms with Gasteiger partial charge in [0.05, 0.1) is 13.2 Å². The van der Waals surface area contributed by atoms with Gasteiger partial charge in [0.25, 0.3) is 0 Å². The third-order valence-electron chi connectivity index (χ3n) is 10.1. The van der Waals surface area contributed by atoms with Gasteiger partial charge in [0.1, 0.15) is 12.7 Å². The lowest BCUT2D eigenvalue weighted by atomic mass is 10.0. The van der Waals surface area contributed by atoms with Gasteiger partial charge in [-0.25, -0.2) is 4.57 Å². The summed E-state index contributed by atoms with van der Waals surface area (Å²) in [6.07, 6.45) is 61.2. The molecule has 356 valence electrons. The van der Waals surface area contributed by atoms with Crippen LogP contribution in [0.15, 0.2) is 85.1 Å². The van der Waals surface area contributed by atoms with Crippen LogP contribution in [0.5, 0.6) is 0 Å². The number of amides is 1. The molecule has 9 nitrogen and oxygen atoms in total. The summed E-state index contributed by atoms with van der Waals surface area (Å²) in [5.74, 6) is -0.650. The predicted octanol–water partition coefficient (Wildman–Crippen LogP) is 14.4. The van der Waals surface area contributed by atoms with E-state index in [4.69, 9.17) is 13.8 Å². The smallest absolute Gasteiger partial charge is 0.463 e. The lowest BCUT2D eigenvalue weighted by molar-refractivity contribution is -0.147. The molecule has 0 aromatic rings. The summed E-state index contributed by atoms with van der Waals surface area (Å²) >= 11 is 0. The van der Waals surface area contributed by atoms with Crippen molar-refractivity contribution in [1.29, 1.82) is 0 Å². The number of aliphatic hydroxyl groups is 1. The number of hydrogen-bond acceptors (Lipinski definition) is 7. The van der Waals surface area contributed by atoms with E-state index >= 15 is 0 Å². The second-order valence-corrected chi connectivity index (χ2v) is 17.5. The molecule has 10 heteroatoms. The van der Waals surface area contributed by atoms with Crippen molar-refractivity contribution in [2.24, 2.45) is 0 Å². The number of carbonyl (C=O) groups excluding carboxylic acids is 2. The minimum Gasteiger partial charge on any atom is -0.463 e. The molecule has 0 fully saturated rings. The molecule has 0 aliphatic carbocycles. The molecule has 0 aromatic carbocycles. The van der Waals surface area contributed by atoms with Gasteiger partial charge in [-0.2, -0.15) is 0 Å². The Bertz CT molecular complexity index is 1290. The number of allylic oxidation sites excluding steroid dienone is 13. The highest BCUT2D eigenvalue weighted by Gasteiger charge is 2.23. The minimum atomic E-state index is -4.45. The summed E-state index contributed by atoms with van der Waals surface area (Å²) in [4.78, 5) is 34.0. The second kappa shape index (κ2) is 47.7. The van der Waals surface area contributed by atoms with Gasteiger partial charge >= 0.3 is 13.8 Å². The van der Waals surface area contributed by atoms with Crippen molar-refractivity contribution in [3.8, 4) is 0 Å². The Hall–Kier alpha value is -2.81. The van der Waals surface area contributed by atoms with Gasteiger partial charge < -0.3 is 20.1 Å². The number of aliphatic hydroxyl groups excluding tert-OH is 1. The molecule has 0 saturated carbocycles. The molecule has 0 bridgehead atoms. The first kappa shape index (κ1) is 59.2. The number of rotatable bonds is 45. The van der Waals surface area contributed by atoms with E-state index in [0.717, 1.165) is 64.2 Å². The minimum absolute atomic E-state index is 0.0212. The van der Waals surface area contributed by atoms with Gasteiger partial charge in [0, 0.05) is 19.4 Å². The molecule has 0 radical (unpaired) electrons. The maximum Gasteiger partial charge on any atom is 0.472 e. The maximum atomic E-state index is 12.1. The molecule has 1 amide bonds. The van der Waals surface area contributed by atoms with E-state index in [9.17, 15) is 24.2 Å². The van der Waals surface area contributed by atoms with E-state index in [-0.39, 0.29) is 38.5 Å². The Kier molecular flexibility index (Phi) is 45.5. The molecule has 0 aliphatic heterocycles. The van der Waals surface area contributed by atoms with Crippen LogP contribution in [0.25, 0.3) is 0 Å². The van der Waals surface area contributed by atoms with Crippen molar-refractivity contribution < 1.29 is 37.9 Å². The van der Waals surface area contributed by atoms with Crippen LogP contribution in [0.4, 0.5) is 0 Å². The molecule has 0 aliphatic rings. The van der Waals surface area contributed by atoms with Gasteiger partial charge in [-0.05, 0) is 51.4 Å². The van der Waals surface area contributed by atoms with E-state index < -0.39 is 26.5 Å². The van der Waals surface area contributed by atoms with Gasteiger partial charge in [0.2, 0.25) is 5.91 Å². The molecule has 3 N–H and O–H groups in total. The Morgan fingerprint density at radius 2 is 0.887 bits per heavy atom. The summed E-state index contributed by atoms with van der Waals surface area (Å²) in [6, 6.07) is 0. The number of ether oxygens (including phenoxy) is 1. The molecule has 0 rings (SSSR count). The number of phosphoric ester groups is 1. The fourth-order valence-corrected chi connectivity index (χ4v) is 7.22. The predicted molar refractivity (Wildman–Crippen MR) is 261 cm³/mol. The first-order valence-corrected chi connectivity index (χ1v) is 26.1. The molecule has 2 unspecified atom stereocenters. The lowest BCUT2D eigenvalue weighted by Crippen LogP contribution is -2.26. The molecule has 2 atom stereocenters. The van der Waals surface area contributed by atoms with E-state index in [1.54, 1.807) is 6.08 Å². The van der Waals surface area contributed by atoms with E-state index in [1.807, 2.05) is 12.2 Å². The van der Waals surface area contributed by atoms with Crippen LogP contribution in [-0.4, -0.2) is 54.3 Å². The fourth-order valence-electron chi connectivity index (χ4n) is 6.46. The number of phosphoric acid groups is 1. The Morgan fingerprint density at radius 3 is 1.29 bits per heavy atom. The van der Waals surface area contributed by atoms with Crippen LogP contribution >= 0.6 is 7.82 Å². The van der Waals surface area contributed by atoms with Crippen LogP contribution in [0.2, 0.25) is 0 Å². The topological polar surface area (TPSA) is 131 Å². The third kappa shape index (κ3) is 48.2. The number of nitrogens with one attached hydrogen (secondary N) is 1. The van der Waals surface area contributed by atoms with Crippen molar-refractivity contribution in [1.82, 2.24) is 5.32 Å². The Balaban J connectivity index is 3.68. The van der Waals surface area contributed by atoms with Crippen LogP contribution < -0.4 is 5.32 Å². The fraction of sp³-hybridized carbons (Fsp3) is 0.692. The highest BCUT2D eigenvalue weighted by molar-refractivity contribution is 7.47. The lowest BCUT2D eigenvalue weighted by Gasteiger charge is -2.15. The highest BCUT2D eigenvalue weighted by Crippen LogP contribution is 2.42. The summed E-state index contributed by atoms with van der Waals surface area (Å²) in [5.41, 5.74) is 0. The zero-order valence-corrected chi connectivity index (χ0v) is 40.2. The molecular formula is C52H90NO8P. The highest BCUT2D eigenvalue weighted by atomic mass is 31.2. The zero-order valence-electron chi connectivity index (χ0n) is 39.3. The SMILES string of the molecule is CC/C=C\C/C=C\C/C=C\C/C=C\C/C=C\C/C=C\C/C=C\CC(=O)NCCOP(=O)(O)OCC(O)COC(=O)CCCCCCCCCCCCCCCCCCCCCC.